The molecule has 0 saturated heterocycles. The van der Waals surface area contributed by atoms with Gasteiger partial charge in [-0.3, -0.25) is 11.3 Å². The van der Waals surface area contributed by atoms with E-state index in [2.05, 4.69) is 29.9 Å². The largest absolute Gasteiger partial charge is 0.271 e. The number of hydrogen-bond acceptors (Lipinski definition) is 3. The summed E-state index contributed by atoms with van der Waals surface area (Å²) in [6.07, 6.45) is 9.22. The van der Waals surface area contributed by atoms with Gasteiger partial charge in [0, 0.05) is 10.9 Å². The maximum Gasteiger partial charge on any atom is 0.0242 e. The Morgan fingerprint density at radius 3 is 3.06 bits per heavy atom. The summed E-state index contributed by atoms with van der Waals surface area (Å²) in [7, 11) is 0. The van der Waals surface area contributed by atoms with Crippen LogP contribution >= 0.6 is 11.3 Å². The van der Waals surface area contributed by atoms with Crippen LogP contribution in [0.5, 0.6) is 0 Å². The van der Waals surface area contributed by atoms with Gasteiger partial charge in [-0.2, -0.15) is 0 Å². The summed E-state index contributed by atoms with van der Waals surface area (Å²) in [5, 5.41) is 2.16. The Labute approximate surface area is 115 Å². The number of nitrogens with two attached hydrogens (primary N) is 1. The Morgan fingerprint density at radius 2 is 2.39 bits per heavy atom. The maximum absolute atomic E-state index is 5.78. The van der Waals surface area contributed by atoms with Crippen LogP contribution in [-0.4, -0.2) is 6.04 Å². The zero-order valence-electron chi connectivity index (χ0n) is 11.4. The van der Waals surface area contributed by atoms with Gasteiger partial charge in [0.15, 0.2) is 0 Å². The molecule has 1 heterocycles. The minimum absolute atomic E-state index is 0.501. The number of aryl methyl sites for hydroxylation is 1. The Kier molecular flexibility index (Phi) is 5.67. The van der Waals surface area contributed by atoms with E-state index in [4.69, 9.17) is 5.84 Å². The molecular weight excluding hydrogens is 240 g/mol. The van der Waals surface area contributed by atoms with Crippen LogP contribution in [0.25, 0.3) is 0 Å². The van der Waals surface area contributed by atoms with Gasteiger partial charge < -0.3 is 0 Å². The summed E-state index contributed by atoms with van der Waals surface area (Å²) in [6.45, 7) is 2.32. The molecule has 1 aliphatic carbocycles. The van der Waals surface area contributed by atoms with Crippen molar-refractivity contribution in [3.05, 3.63) is 22.4 Å². The molecule has 1 aromatic heterocycles. The van der Waals surface area contributed by atoms with Gasteiger partial charge in [0.2, 0.25) is 0 Å². The van der Waals surface area contributed by atoms with Crippen LogP contribution in [-0.2, 0) is 6.42 Å². The quantitative estimate of drug-likeness (QED) is 0.608. The molecule has 1 saturated carbocycles. The number of rotatable bonds is 6. The maximum atomic E-state index is 5.78. The lowest BCUT2D eigenvalue weighted by Crippen LogP contribution is -2.42. The predicted octanol–water partition coefficient (Wildman–Crippen LogP) is 3.73. The Balaban J connectivity index is 1.83. The second kappa shape index (κ2) is 7.27. The molecule has 0 bridgehead atoms. The third kappa shape index (κ3) is 3.81. The highest BCUT2D eigenvalue weighted by molar-refractivity contribution is 7.09. The normalized spacial score (nSPS) is 26.1. The summed E-state index contributed by atoms with van der Waals surface area (Å²) < 4.78 is 0. The first-order valence-corrected chi connectivity index (χ1v) is 8.20. The second-order valence-corrected chi connectivity index (χ2v) is 6.62. The zero-order chi connectivity index (χ0) is 12.8. The average molecular weight is 266 g/mol. The fourth-order valence-corrected chi connectivity index (χ4v) is 4.00. The van der Waals surface area contributed by atoms with Crippen LogP contribution in [0.2, 0.25) is 0 Å². The molecule has 3 unspecified atom stereocenters. The van der Waals surface area contributed by atoms with Crippen molar-refractivity contribution in [3.63, 3.8) is 0 Å². The fraction of sp³-hybridized carbons (Fsp3) is 0.733. The lowest BCUT2D eigenvalue weighted by molar-refractivity contribution is 0.203. The summed E-state index contributed by atoms with van der Waals surface area (Å²) in [5.41, 5.74) is 3.08. The SMILES string of the molecule is CCC1CCCC(C(CCc2cccs2)NN)C1. The molecule has 3 atom stereocenters. The van der Waals surface area contributed by atoms with E-state index in [0.29, 0.717) is 6.04 Å². The molecule has 2 nitrogen and oxygen atoms in total. The van der Waals surface area contributed by atoms with E-state index < -0.39 is 0 Å². The van der Waals surface area contributed by atoms with Gasteiger partial charge in [-0.25, -0.2) is 0 Å². The first-order chi connectivity index (χ1) is 8.83. The molecule has 2 rings (SSSR count). The van der Waals surface area contributed by atoms with Crippen molar-refractivity contribution in [3.8, 4) is 0 Å². The van der Waals surface area contributed by atoms with Gasteiger partial charge in [0.05, 0.1) is 0 Å². The highest BCUT2D eigenvalue weighted by Gasteiger charge is 2.26. The lowest BCUT2D eigenvalue weighted by atomic mass is 9.76. The highest BCUT2D eigenvalue weighted by atomic mass is 32.1. The van der Waals surface area contributed by atoms with E-state index in [9.17, 15) is 0 Å². The zero-order valence-corrected chi connectivity index (χ0v) is 12.2. The Bertz CT molecular complexity index is 323. The second-order valence-electron chi connectivity index (χ2n) is 5.59. The van der Waals surface area contributed by atoms with E-state index in [1.165, 1.54) is 49.8 Å². The predicted molar refractivity (Wildman–Crippen MR) is 79.5 cm³/mol. The fourth-order valence-electron chi connectivity index (χ4n) is 3.28. The topological polar surface area (TPSA) is 38.0 Å². The van der Waals surface area contributed by atoms with Crippen molar-refractivity contribution in [2.24, 2.45) is 17.7 Å². The molecule has 18 heavy (non-hydrogen) atoms. The summed E-state index contributed by atoms with van der Waals surface area (Å²) >= 11 is 1.86. The van der Waals surface area contributed by atoms with E-state index in [0.717, 1.165) is 11.8 Å². The molecule has 0 aromatic carbocycles. The first kappa shape index (κ1) is 14.0. The molecule has 1 aromatic rings. The van der Waals surface area contributed by atoms with E-state index in [1.807, 2.05) is 11.3 Å². The minimum atomic E-state index is 0.501. The van der Waals surface area contributed by atoms with E-state index in [-0.39, 0.29) is 0 Å². The summed E-state index contributed by atoms with van der Waals surface area (Å²) in [6, 6.07) is 4.87. The first-order valence-electron chi connectivity index (χ1n) is 7.32. The van der Waals surface area contributed by atoms with Gasteiger partial charge in [-0.05, 0) is 49.0 Å². The molecule has 0 aliphatic heterocycles. The summed E-state index contributed by atoms with van der Waals surface area (Å²) in [4.78, 5) is 1.48. The van der Waals surface area contributed by atoms with Crippen LogP contribution in [0.15, 0.2) is 17.5 Å². The van der Waals surface area contributed by atoms with Gasteiger partial charge in [0.1, 0.15) is 0 Å². The van der Waals surface area contributed by atoms with Crippen LogP contribution in [0.4, 0.5) is 0 Å². The molecule has 0 amide bonds. The van der Waals surface area contributed by atoms with Crippen molar-refractivity contribution >= 4 is 11.3 Å². The van der Waals surface area contributed by atoms with Gasteiger partial charge >= 0.3 is 0 Å². The van der Waals surface area contributed by atoms with Gasteiger partial charge in [0.25, 0.3) is 0 Å². The minimum Gasteiger partial charge on any atom is -0.271 e. The van der Waals surface area contributed by atoms with Crippen molar-refractivity contribution < 1.29 is 0 Å². The molecule has 3 heteroatoms. The third-order valence-corrected chi connectivity index (χ3v) is 5.40. The van der Waals surface area contributed by atoms with Crippen molar-refractivity contribution in [1.29, 1.82) is 0 Å². The number of thiophene rings is 1. The third-order valence-electron chi connectivity index (χ3n) is 4.47. The van der Waals surface area contributed by atoms with Crippen molar-refractivity contribution in [1.82, 2.24) is 5.43 Å². The molecule has 1 aliphatic rings. The van der Waals surface area contributed by atoms with Gasteiger partial charge in [-0.1, -0.05) is 32.3 Å². The molecule has 0 spiro atoms. The lowest BCUT2D eigenvalue weighted by Gasteiger charge is -2.34. The number of hydrazine groups is 1. The van der Waals surface area contributed by atoms with E-state index in [1.54, 1.807) is 0 Å². The Hall–Kier alpha value is -0.380. The van der Waals surface area contributed by atoms with Crippen LogP contribution in [0.3, 0.4) is 0 Å². The standard InChI is InChI=1S/C15H26N2S/c1-2-12-5-3-6-13(11-12)15(17-16)9-8-14-7-4-10-18-14/h4,7,10,12-13,15,17H,2-3,5-6,8-9,11,16H2,1H3. The summed E-state index contributed by atoms with van der Waals surface area (Å²) in [5.74, 6) is 7.50. The van der Waals surface area contributed by atoms with Crippen LogP contribution < -0.4 is 11.3 Å². The molecule has 3 N–H and O–H groups in total. The monoisotopic (exact) mass is 266 g/mol. The number of nitrogens with one attached hydrogen (secondary N) is 1. The van der Waals surface area contributed by atoms with Crippen molar-refractivity contribution in [2.45, 2.75) is 57.9 Å². The van der Waals surface area contributed by atoms with E-state index >= 15 is 0 Å². The van der Waals surface area contributed by atoms with Crippen molar-refractivity contribution in [2.75, 3.05) is 0 Å². The highest BCUT2D eigenvalue weighted by Crippen LogP contribution is 2.34. The smallest absolute Gasteiger partial charge is 0.0242 e. The average Bonchev–Trinajstić information content (AvgIpc) is 2.93. The molecule has 102 valence electrons. The molecular formula is C15H26N2S. The molecule has 1 fully saturated rings. The van der Waals surface area contributed by atoms with Crippen LogP contribution in [0, 0.1) is 11.8 Å². The Morgan fingerprint density at radius 1 is 1.50 bits per heavy atom. The van der Waals surface area contributed by atoms with Gasteiger partial charge in [-0.15, -0.1) is 11.3 Å². The van der Waals surface area contributed by atoms with Crippen LogP contribution in [0.1, 0.15) is 50.3 Å². The number of hydrogen-bond donors (Lipinski definition) is 2. The molecule has 0 radical (unpaired) electrons.